The van der Waals surface area contributed by atoms with Gasteiger partial charge in [0.25, 0.3) is 0 Å². The molecular formula is C9H17NO2. The van der Waals surface area contributed by atoms with E-state index in [-0.39, 0.29) is 0 Å². The average molecular weight is 171 g/mol. The molecule has 2 unspecified atom stereocenters. The Kier molecular flexibility index (Phi) is 2.35. The number of likely N-dealkylation sites (tertiary alicyclic amines) is 1. The van der Waals surface area contributed by atoms with Gasteiger partial charge in [-0.1, -0.05) is 0 Å². The monoisotopic (exact) mass is 171 g/mol. The van der Waals surface area contributed by atoms with Crippen LogP contribution in [0.3, 0.4) is 0 Å². The second-order valence-electron chi connectivity index (χ2n) is 3.89. The van der Waals surface area contributed by atoms with Crippen LogP contribution in [-0.2, 0) is 4.74 Å². The van der Waals surface area contributed by atoms with E-state index in [4.69, 9.17) is 9.84 Å². The standard InChI is InChI=1S/C9H17NO2/c1-12-8-2-3-10(5-8)9-4-7(9)6-11/h7-9,11H,2-6H2,1H3/t7?,8-,9?/m0/s1. The van der Waals surface area contributed by atoms with Gasteiger partial charge in [0.15, 0.2) is 0 Å². The first-order chi connectivity index (χ1) is 5.85. The first-order valence-electron chi connectivity index (χ1n) is 4.73. The van der Waals surface area contributed by atoms with Gasteiger partial charge in [0.05, 0.1) is 6.10 Å². The van der Waals surface area contributed by atoms with Gasteiger partial charge in [-0.25, -0.2) is 0 Å². The summed E-state index contributed by atoms with van der Waals surface area (Å²) in [7, 11) is 1.78. The summed E-state index contributed by atoms with van der Waals surface area (Å²) in [5.74, 6) is 0.556. The number of methoxy groups -OCH3 is 1. The molecule has 0 aromatic carbocycles. The minimum absolute atomic E-state index is 0.360. The molecule has 2 rings (SSSR count). The van der Waals surface area contributed by atoms with Crippen molar-refractivity contribution in [2.45, 2.75) is 25.0 Å². The maximum Gasteiger partial charge on any atom is 0.0710 e. The summed E-state index contributed by atoms with van der Waals surface area (Å²) in [5, 5.41) is 8.90. The summed E-state index contributed by atoms with van der Waals surface area (Å²) in [5.41, 5.74) is 0. The Bertz CT molecular complexity index is 163. The third kappa shape index (κ3) is 1.49. The molecule has 0 aromatic rings. The molecule has 70 valence electrons. The molecular weight excluding hydrogens is 154 g/mol. The van der Waals surface area contributed by atoms with Crippen LogP contribution in [0.5, 0.6) is 0 Å². The van der Waals surface area contributed by atoms with Gasteiger partial charge in [0.2, 0.25) is 0 Å². The molecule has 1 heterocycles. The van der Waals surface area contributed by atoms with E-state index in [0.29, 0.717) is 24.7 Å². The lowest BCUT2D eigenvalue weighted by Crippen LogP contribution is -2.26. The SMILES string of the molecule is CO[C@H]1CCN(C2CC2CO)C1. The minimum atomic E-state index is 0.360. The maximum atomic E-state index is 8.90. The lowest BCUT2D eigenvalue weighted by Gasteiger charge is -2.14. The summed E-state index contributed by atoms with van der Waals surface area (Å²) in [6.07, 6.45) is 2.78. The molecule has 1 aliphatic carbocycles. The molecule has 3 atom stereocenters. The van der Waals surface area contributed by atoms with Gasteiger partial charge in [-0.3, -0.25) is 4.90 Å². The van der Waals surface area contributed by atoms with Gasteiger partial charge in [0.1, 0.15) is 0 Å². The molecule has 3 nitrogen and oxygen atoms in total. The maximum absolute atomic E-state index is 8.90. The van der Waals surface area contributed by atoms with Gasteiger partial charge in [-0.2, -0.15) is 0 Å². The molecule has 0 amide bonds. The molecule has 0 radical (unpaired) electrons. The molecule has 1 N–H and O–H groups in total. The van der Waals surface area contributed by atoms with E-state index in [1.807, 2.05) is 0 Å². The average Bonchev–Trinajstić information content (AvgIpc) is 2.75. The van der Waals surface area contributed by atoms with Crippen molar-refractivity contribution in [2.24, 2.45) is 5.92 Å². The van der Waals surface area contributed by atoms with Gasteiger partial charge in [0, 0.05) is 32.8 Å². The third-order valence-electron chi connectivity index (χ3n) is 3.10. The Labute approximate surface area is 73.3 Å². The summed E-state index contributed by atoms with van der Waals surface area (Å²) in [6, 6.07) is 0.662. The van der Waals surface area contributed by atoms with E-state index >= 15 is 0 Å². The first kappa shape index (κ1) is 8.48. The van der Waals surface area contributed by atoms with Crippen LogP contribution in [0, 0.1) is 5.92 Å². The van der Waals surface area contributed by atoms with Gasteiger partial charge in [-0.05, 0) is 18.8 Å². The zero-order chi connectivity index (χ0) is 8.55. The van der Waals surface area contributed by atoms with Crippen LogP contribution in [0.15, 0.2) is 0 Å². The largest absolute Gasteiger partial charge is 0.396 e. The zero-order valence-electron chi connectivity index (χ0n) is 7.57. The Morgan fingerprint density at radius 3 is 2.92 bits per heavy atom. The Hall–Kier alpha value is -0.120. The fourth-order valence-corrected chi connectivity index (χ4v) is 2.12. The number of aliphatic hydroxyl groups excluding tert-OH is 1. The quantitative estimate of drug-likeness (QED) is 0.653. The first-order valence-corrected chi connectivity index (χ1v) is 4.73. The highest BCUT2D eigenvalue weighted by molar-refractivity contribution is 4.97. The summed E-state index contributed by atoms with van der Waals surface area (Å²) in [6.45, 7) is 2.58. The number of rotatable bonds is 3. The van der Waals surface area contributed by atoms with Crippen LogP contribution in [0.25, 0.3) is 0 Å². The van der Waals surface area contributed by atoms with Crippen molar-refractivity contribution in [3.8, 4) is 0 Å². The van der Waals surface area contributed by atoms with E-state index in [1.54, 1.807) is 7.11 Å². The van der Waals surface area contributed by atoms with Crippen molar-refractivity contribution < 1.29 is 9.84 Å². The molecule has 0 spiro atoms. The number of ether oxygens (including phenoxy) is 1. The smallest absolute Gasteiger partial charge is 0.0710 e. The predicted molar refractivity (Wildman–Crippen MR) is 46.0 cm³/mol. The Balaban J connectivity index is 1.77. The van der Waals surface area contributed by atoms with E-state index < -0.39 is 0 Å². The van der Waals surface area contributed by atoms with Crippen LogP contribution in [0.2, 0.25) is 0 Å². The summed E-state index contributed by atoms with van der Waals surface area (Å²) < 4.78 is 5.28. The van der Waals surface area contributed by atoms with E-state index in [1.165, 1.54) is 6.42 Å². The van der Waals surface area contributed by atoms with Crippen LogP contribution >= 0.6 is 0 Å². The Morgan fingerprint density at radius 1 is 1.58 bits per heavy atom. The van der Waals surface area contributed by atoms with Crippen LogP contribution < -0.4 is 0 Å². The van der Waals surface area contributed by atoms with Crippen molar-refractivity contribution in [3.05, 3.63) is 0 Å². The third-order valence-corrected chi connectivity index (χ3v) is 3.10. The van der Waals surface area contributed by atoms with Gasteiger partial charge in [-0.15, -0.1) is 0 Å². The molecule has 0 aromatic heterocycles. The number of nitrogens with zero attached hydrogens (tertiary/aromatic N) is 1. The number of hydrogen-bond donors (Lipinski definition) is 1. The van der Waals surface area contributed by atoms with Crippen molar-refractivity contribution in [1.82, 2.24) is 4.90 Å². The normalized spacial score (nSPS) is 42.0. The molecule has 3 heteroatoms. The second-order valence-corrected chi connectivity index (χ2v) is 3.89. The fraction of sp³-hybridized carbons (Fsp3) is 1.00. The predicted octanol–water partition coefficient (Wildman–Crippen LogP) is 0.0879. The van der Waals surface area contributed by atoms with Crippen molar-refractivity contribution >= 4 is 0 Å². The number of aliphatic hydroxyl groups is 1. The highest BCUT2D eigenvalue weighted by Crippen LogP contribution is 2.37. The van der Waals surface area contributed by atoms with E-state index in [0.717, 1.165) is 19.5 Å². The lowest BCUT2D eigenvalue weighted by atomic mass is 10.3. The Morgan fingerprint density at radius 2 is 2.42 bits per heavy atom. The number of hydrogen-bond acceptors (Lipinski definition) is 3. The van der Waals surface area contributed by atoms with Crippen molar-refractivity contribution in [2.75, 3.05) is 26.8 Å². The van der Waals surface area contributed by atoms with Crippen LogP contribution in [-0.4, -0.2) is 49.0 Å². The van der Waals surface area contributed by atoms with Gasteiger partial charge >= 0.3 is 0 Å². The van der Waals surface area contributed by atoms with Crippen LogP contribution in [0.4, 0.5) is 0 Å². The topological polar surface area (TPSA) is 32.7 Å². The van der Waals surface area contributed by atoms with Crippen molar-refractivity contribution in [1.29, 1.82) is 0 Å². The molecule has 1 saturated carbocycles. The summed E-state index contributed by atoms with van der Waals surface area (Å²) in [4.78, 5) is 2.45. The minimum Gasteiger partial charge on any atom is -0.396 e. The van der Waals surface area contributed by atoms with E-state index in [9.17, 15) is 0 Å². The molecule has 1 aliphatic heterocycles. The second kappa shape index (κ2) is 3.32. The molecule has 2 aliphatic rings. The molecule has 2 fully saturated rings. The lowest BCUT2D eigenvalue weighted by molar-refractivity contribution is 0.105. The van der Waals surface area contributed by atoms with Gasteiger partial charge < -0.3 is 9.84 Å². The van der Waals surface area contributed by atoms with Crippen molar-refractivity contribution in [3.63, 3.8) is 0 Å². The molecule has 12 heavy (non-hydrogen) atoms. The fourth-order valence-electron chi connectivity index (χ4n) is 2.12. The zero-order valence-corrected chi connectivity index (χ0v) is 7.57. The van der Waals surface area contributed by atoms with E-state index in [2.05, 4.69) is 4.90 Å². The molecule has 0 bridgehead atoms. The highest BCUT2D eigenvalue weighted by atomic mass is 16.5. The molecule has 1 saturated heterocycles. The highest BCUT2D eigenvalue weighted by Gasteiger charge is 2.43. The van der Waals surface area contributed by atoms with Crippen LogP contribution in [0.1, 0.15) is 12.8 Å². The summed E-state index contributed by atoms with van der Waals surface area (Å²) >= 11 is 0.